The lowest BCUT2D eigenvalue weighted by molar-refractivity contribution is -0.118. The molecule has 1 amide bonds. The molecule has 33 heavy (non-hydrogen) atoms. The van der Waals surface area contributed by atoms with E-state index >= 15 is 0 Å². The molecular weight excluding hydrogens is 466 g/mol. The molecule has 3 heterocycles. The average Bonchev–Trinajstić information content (AvgIpc) is 3.49. The van der Waals surface area contributed by atoms with Crippen LogP contribution < -0.4 is 20.3 Å². The minimum absolute atomic E-state index is 0.0339. The molecule has 0 spiro atoms. The van der Waals surface area contributed by atoms with Crippen LogP contribution >= 0.6 is 23.4 Å². The summed E-state index contributed by atoms with van der Waals surface area (Å²) in [6.07, 6.45) is 1.83. The number of ether oxygens (including phenoxy) is 3. The largest absolute Gasteiger partial charge is 0.454 e. The second-order valence-corrected chi connectivity index (χ2v) is 9.24. The van der Waals surface area contributed by atoms with Gasteiger partial charge in [0.25, 0.3) is 5.56 Å². The van der Waals surface area contributed by atoms with E-state index in [-0.39, 0.29) is 30.1 Å². The number of fused-ring (bicyclic) bond motifs is 2. The van der Waals surface area contributed by atoms with Crippen molar-refractivity contribution in [1.82, 2.24) is 14.9 Å². The lowest BCUT2D eigenvalue weighted by atomic mass is 10.2. The first-order chi connectivity index (χ1) is 16.1. The van der Waals surface area contributed by atoms with E-state index in [0.29, 0.717) is 52.3 Å². The fraction of sp³-hybridized carbons (Fsp3) is 0.348. The van der Waals surface area contributed by atoms with Gasteiger partial charge in [-0.1, -0.05) is 29.4 Å². The third kappa shape index (κ3) is 4.95. The zero-order valence-electron chi connectivity index (χ0n) is 17.7. The number of amides is 1. The highest BCUT2D eigenvalue weighted by molar-refractivity contribution is 7.99. The zero-order chi connectivity index (χ0) is 22.8. The third-order valence-electron chi connectivity index (χ3n) is 5.55. The van der Waals surface area contributed by atoms with Crippen molar-refractivity contribution in [2.24, 2.45) is 0 Å². The van der Waals surface area contributed by atoms with Gasteiger partial charge in [-0.2, -0.15) is 0 Å². The van der Waals surface area contributed by atoms with Crippen LogP contribution in [0, 0.1) is 0 Å². The van der Waals surface area contributed by atoms with Crippen molar-refractivity contribution < 1.29 is 19.0 Å². The monoisotopic (exact) mass is 487 g/mol. The fourth-order valence-corrected chi connectivity index (χ4v) is 4.87. The van der Waals surface area contributed by atoms with Gasteiger partial charge in [0.1, 0.15) is 0 Å². The molecule has 3 aromatic rings. The molecule has 1 fully saturated rings. The number of carbonyl (C=O) groups is 1. The SMILES string of the molecule is O=C(CSc1nc2cc(Cl)ccc2c(=O)n1CC1CCCO1)NCc1ccc2c(c1)OCO2. The molecule has 2 aromatic carbocycles. The Hall–Kier alpha value is -2.75. The van der Waals surface area contributed by atoms with Gasteiger partial charge >= 0.3 is 0 Å². The number of rotatable bonds is 7. The van der Waals surface area contributed by atoms with E-state index in [1.165, 1.54) is 11.8 Å². The van der Waals surface area contributed by atoms with Crippen LogP contribution in [0.15, 0.2) is 46.3 Å². The Balaban J connectivity index is 1.30. The molecule has 0 radical (unpaired) electrons. The summed E-state index contributed by atoms with van der Waals surface area (Å²) in [5, 5.41) is 4.37. The summed E-state index contributed by atoms with van der Waals surface area (Å²) >= 11 is 7.33. The van der Waals surface area contributed by atoms with Crippen molar-refractivity contribution >= 4 is 40.2 Å². The Kier molecular flexibility index (Phi) is 6.43. The predicted molar refractivity (Wildman–Crippen MR) is 125 cm³/mol. The molecule has 8 nitrogen and oxygen atoms in total. The maximum absolute atomic E-state index is 13.2. The van der Waals surface area contributed by atoms with Crippen molar-refractivity contribution in [3.8, 4) is 11.5 Å². The maximum atomic E-state index is 13.2. The van der Waals surface area contributed by atoms with Gasteiger partial charge in [-0.25, -0.2) is 4.98 Å². The normalized spacial score (nSPS) is 16.9. The first-order valence-corrected chi connectivity index (χ1v) is 12.0. The van der Waals surface area contributed by atoms with Gasteiger partial charge in [-0.05, 0) is 48.7 Å². The van der Waals surface area contributed by atoms with E-state index in [1.807, 2.05) is 18.2 Å². The lowest BCUT2D eigenvalue weighted by Crippen LogP contribution is -2.30. The highest BCUT2D eigenvalue weighted by Gasteiger charge is 2.21. The maximum Gasteiger partial charge on any atom is 0.262 e. The lowest BCUT2D eigenvalue weighted by Gasteiger charge is -2.16. The Labute approximate surface area is 199 Å². The molecule has 1 saturated heterocycles. The van der Waals surface area contributed by atoms with E-state index < -0.39 is 0 Å². The van der Waals surface area contributed by atoms with Crippen molar-refractivity contribution in [3.05, 3.63) is 57.3 Å². The standard InChI is InChI=1S/C23H22ClN3O5S/c24-15-4-5-17-18(9-15)26-23(27(22(17)29)11-16-2-1-7-30-16)33-12-21(28)25-10-14-3-6-19-20(8-14)32-13-31-19/h3-6,8-9,16H,1-2,7,10-13H2,(H,25,28). The van der Waals surface area contributed by atoms with Crippen molar-refractivity contribution in [2.45, 2.75) is 37.2 Å². The van der Waals surface area contributed by atoms with Gasteiger partial charge in [-0.15, -0.1) is 0 Å². The number of carbonyl (C=O) groups excluding carboxylic acids is 1. The molecule has 172 valence electrons. The molecule has 1 aromatic heterocycles. The van der Waals surface area contributed by atoms with Gasteiger partial charge in [0, 0.05) is 18.2 Å². The van der Waals surface area contributed by atoms with E-state index in [0.717, 1.165) is 18.4 Å². The summed E-state index contributed by atoms with van der Waals surface area (Å²) in [5.41, 5.74) is 1.26. The molecule has 2 aliphatic rings. The van der Waals surface area contributed by atoms with E-state index in [2.05, 4.69) is 10.3 Å². The summed E-state index contributed by atoms with van der Waals surface area (Å²) < 4.78 is 18.0. The van der Waals surface area contributed by atoms with E-state index in [1.54, 1.807) is 22.8 Å². The Bertz CT molecular complexity index is 1260. The number of aromatic nitrogens is 2. The zero-order valence-corrected chi connectivity index (χ0v) is 19.3. The first-order valence-electron chi connectivity index (χ1n) is 10.7. The summed E-state index contributed by atoms with van der Waals surface area (Å²) in [5.74, 6) is 1.33. The Morgan fingerprint density at radius 2 is 2.09 bits per heavy atom. The number of nitrogens with zero attached hydrogens (tertiary/aromatic N) is 2. The minimum atomic E-state index is -0.165. The molecule has 10 heteroatoms. The topological polar surface area (TPSA) is 91.7 Å². The highest BCUT2D eigenvalue weighted by atomic mass is 35.5. The summed E-state index contributed by atoms with van der Waals surface area (Å²) in [6.45, 7) is 1.67. The average molecular weight is 488 g/mol. The van der Waals surface area contributed by atoms with Crippen LogP contribution in [0.1, 0.15) is 18.4 Å². The molecular formula is C23H22ClN3O5S. The molecule has 1 unspecified atom stereocenters. The molecule has 0 aliphatic carbocycles. The van der Waals surface area contributed by atoms with Crippen LogP contribution in [-0.2, 0) is 22.6 Å². The van der Waals surface area contributed by atoms with E-state index in [4.69, 9.17) is 25.8 Å². The number of nitrogens with one attached hydrogen (secondary N) is 1. The van der Waals surface area contributed by atoms with Gasteiger partial charge in [0.2, 0.25) is 12.7 Å². The third-order valence-corrected chi connectivity index (χ3v) is 6.76. The summed E-state index contributed by atoms with van der Waals surface area (Å²) in [4.78, 5) is 30.4. The Morgan fingerprint density at radius 3 is 2.94 bits per heavy atom. The predicted octanol–water partition coefficient (Wildman–Crippen LogP) is 3.37. The molecule has 5 rings (SSSR count). The van der Waals surface area contributed by atoms with Crippen LogP contribution in [0.3, 0.4) is 0 Å². The smallest absolute Gasteiger partial charge is 0.262 e. The van der Waals surface area contributed by atoms with Crippen molar-refractivity contribution in [2.75, 3.05) is 19.2 Å². The van der Waals surface area contributed by atoms with Crippen LogP contribution in [0.5, 0.6) is 11.5 Å². The highest BCUT2D eigenvalue weighted by Crippen LogP contribution is 2.32. The second kappa shape index (κ2) is 9.62. The van der Waals surface area contributed by atoms with Crippen LogP contribution in [-0.4, -0.2) is 40.7 Å². The van der Waals surface area contributed by atoms with Crippen molar-refractivity contribution in [3.63, 3.8) is 0 Å². The molecule has 1 N–H and O–H groups in total. The van der Waals surface area contributed by atoms with Crippen LogP contribution in [0.25, 0.3) is 10.9 Å². The quantitative estimate of drug-likeness (QED) is 0.403. The number of hydrogen-bond donors (Lipinski definition) is 1. The first kappa shape index (κ1) is 22.1. The van der Waals surface area contributed by atoms with Crippen LogP contribution in [0.4, 0.5) is 0 Å². The summed E-state index contributed by atoms with van der Waals surface area (Å²) in [7, 11) is 0. The van der Waals surface area contributed by atoms with Crippen molar-refractivity contribution in [1.29, 1.82) is 0 Å². The number of thioether (sulfide) groups is 1. The molecule has 2 aliphatic heterocycles. The Morgan fingerprint density at radius 1 is 1.21 bits per heavy atom. The minimum Gasteiger partial charge on any atom is -0.454 e. The number of halogens is 1. The van der Waals surface area contributed by atoms with Gasteiger partial charge < -0.3 is 19.5 Å². The van der Waals surface area contributed by atoms with E-state index in [9.17, 15) is 9.59 Å². The second-order valence-electron chi connectivity index (χ2n) is 7.86. The molecule has 1 atom stereocenters. The van der Waals surface area contributed by atoms with Crippen LogP contribution in [0.2, 0.25) is 5.02 Å². The van der Waals surface area contributed by atoms with Gasteiger partial charge in [0.05, 0.1) is 29.3 Å². The molecule has 0 saturated carbocycles. The van der Waals surface area contributed by atoms with Gasteiger partial charge in [0.15, 0.2) is 16.7 Å². The molecule has 0 bridgehead atoms. The summed E-state index contributed by atoms with van der Waals surface area (Å²) in [6, 6.07) is 10.6. The number of benzene rings is 2. The van der Waals surface area contributed by atoms with Gasteiger partial charge in [-0.3, -0.25) is 14.2 Å². The number of hydrogen-bond acceptors (Lipinski definition) is 7. The fourth-order valence-electron chi connectivity index (χ4n) is 3.87.